The van der Waals surface area contributed by atoms with Crippen molar-refractivity contribution >= 4 is 35.8 Å². The van der Waals surface area contributed by atoms with Gasteiger partial charge in [-0.05, 0) is 31.2 Å². The maximum atomic E-state index is 4.57. The Morgan fingerprint density at radius 2 is 1.75 bits per heavy atom. The first-order valence-electron chi connectivity index (χ1n) is 6.16. The second-order valence-corrected chi connectivity index (χ2v) is 4.37. The van der Waals surface area contributed by atoms with Gasteiger partial charge in [-0.15, -0.1) is 24.8 Å². The van der Waals surface area contributed by atoms with Crippen LogP contribution in [0.15, 0.2) is 48.7 Å². The number of aryl methyl sites for hydroxylation is 3. The van der Waals surface area contributed by atoms with Crippen LogP contribution in [0.25, 0.3) is 11.0 Å². The van der Waals surface area contributed by atoms with Gasteiger partial charge >= 0.3 is 0 Å². The molecule has 0 fully saturated rings. The normalized spacial score (nSPS) is 9.85. The summed E-state index contributed by atoms with van der Waals surface area (Å²) < 4.78 is 2.25. The van der Waals surface area contributed by atoms with Crippen LogP contribution in [0.2, 0.25) is 0 Å². The Kier molecular flexibility index (Phi) is 5.99. The molecule has 0 saturated heterocycles. The van der Waals surface area contributed by atoms with Crippen LogP contribution in [0.1, 0.15) is 11.5 Å². The van der Waals surface area contributed by atoms with Crippen LogP contribution < -0.4 is 0 Å². The summed E-state index contributed by atoms with van der Waals surface area (Å²) in [6, 6.07) is 14.3. The van der Waals surface area contributed by atoms with Gasteiger partial charge in [-0.25, -0.2) is 4.98 Å². The highest BCUT2D eigenvalue weighted by atomic mass is 35.5. The van der Waals surface area contributed by atoms with E-state index in [1.54, 1.807) is 0 Å². The van der Waals surface area contributed by atoms with E-state index in [4.69, 9.17) is 0 Å². The first kappa shape index (κ1) is 16.5. The predicted molar refractivity (Wildman–Crippen MR) is 86.9 cm³/mol. The molecule has 3 aromatic rings. The number of nitrogens with zero attached hydrogens (tertiary/aromatic N) is 3. The summed E-state index contributed by atoms with van der Waals surface area (Å²) in [5.41, 5.74) is 3.39. The number of hydrogen-bond acceptors (Lipinski definition) is 2. The second-order valence-electron chi connectivity index (χ2n) is 4.37. The zero-order valence-corrected chi connectivity index (χ0v) is 12.8. The number of para-hydroxylation sites is 2. The lowest BCUT2D eigenvalue weighted by Crippen LogP contribution is -2.04. The molecule has 20 heavy (non-hydrogen) atoms. The Bertz CT molecular complexity index is 665. The summed E-state index contributed by atoms with van der Waals surface area (Å²) in [5, 5.41) is 0. The highest BCUT2D eigenvalue weighted by Crippen LogP contribution is 2.15. The molecule has 2 heterocycles. The molecule has 0 N–H and O–H groups in total. The van der Waals surface area contributed by atoms with Crippen molar-refractivity contribution < 1.29 is 0 Å². The van der Waals surface area contributed by atoms with E-state index in [-0.39, 0.29) is 24.8 Å². The minimum atomic E-state index is 0. The Morgan fingerprint density at radius 1 is 1.00 bits per heavy atom. The average Bonchev–Trinajstić information content (AvgIpc) is 2.73. The topological polar surface area (TPSA) is 30.7 Å². The second kappa shape index (κ2) is 7.27. The van der Waals surface area contributed by atoms with Crippen molar-refractivity contribution in [3.8, 4) is 0 Å². The summed E-state index contributed by atoms with van der Waals surface area (Å²) in [6.07, 6.45) is 2.77. The Labute approximate surface area is 130 Å². The minimum Gasteiger partial charge on any atom is -0.328 e. The standard InChI is InChI=1S/C15H15N3.2ClH/c1-12-17-14-7-2-3-8-15(14)18(12)11-9-13-6-4-5-10-16-13;;/h2-8,10H,9,11H2,1H3;2*1H. The third-order valence-electron chi connectivity index (χ3n) is 3.16. The van der Waals surface area contributed by atoms with Gasteiger partial charge in [-0.3, -0.25) is 4.98 Å². The first-order chi connectivity index (χ1) is 8.84. The molecule has 2 aromatic heterocycles. The molecule has 3 rings (SSSR count). The lowest BCUT2D eigenvalue weighted by Gasteiger charge is -2.06. The maximum Gasteiger partial charge on any atom is 0.106 e. The van der Waals surface area contributed by atoms with Crippen molar-refractivity contribution in [1.82, 2.24) is 14.5 Å². The third kappa shape index (κ3) is 3.30. The van der Waals surface area contributed by atoms with Crippen LogP contribution in [0.4, 0.5) is 0 Å². The molecule has 0 aliphatic heterocycles. The number of imidazole rings is 1. The lowest BCUT2D eigenvalue weighted by atomic mass is 10.2. The van der Waals surface area contributed by atoms with Crippen molar-refractivity contribution in [3.63, 3.8) is 0 Å². The molecule has 0 amide bonds. The number of pyridine rings is 1. The Hall–Kier alpha value is -1.58. The van der Waals surface area contributed by atoms with Gasteiger partial charge in [0.2, 0.25) is 0 Å². The molecule has 0 radical (unpaired) electrons. The van der Waals surface area contributed by atoms with Crippen LogP contribution >= 0.6 is 24.8 Å². The van der Waals surface area contributed by atoms with E-state index in [0.29, 0.717) is 0 Å². The quantitative estimate of drug-likeness (QED) is 0.736. The molecule has 0 bridgehead atoms. The van der Waals surface area contributed by atoms with Gasteiger partial charge in [0.1, 0.15) is 5.82 Å². The van der Waals surface area contributed by atoms with E-state index >= 15 is 0 Å². The predicted octanol–water partition coefficient (Wildman–Crippen LogP) is 3.83. The zero-order chi connectivity index (χ0) is 12.4. The van der Waals surface area contributed by atoms with E-state index < -0.39 is 0 Å². The van der Waals surface area contributed by atoms with Gasteiger partial charge in [-0.2, -0.15) is 0 Å². The fraction of sp³-hybridized carbons (Fsp3) is 0.200. The Balaban J connectivity index is 0.000001000. The van der Waals surface area contributed by atoms with Gasteiger partial charge in [-0.1, -0.05) is 18.2 Å². The number of hydrogen-bond donors (Lipinski definition) is 0. The van der Waals surface area contributed by atoms with Crippen LogP contribution in [-0.4, -0.2) is 14.5 Å². The van der Waals surface area contributed by atoms with E-state index in [9.17, 15) is 0 Å². The van der Waals surface area contributed by atoms with Crippen molar-refractivity contribution in [2.24, 2.45) is 0 Å². The summed E-state index contributed by atoms with van der Waals surface area (Å²) in [6.45, 7) is 2.97. The Morgan fingerprint density at radius 3 is 2.50 bits per heavy atom. The summed E-state index contributed by atoms with van der Waals surface area (Å²) in [4.78, 5) is 8.92. The van der Waals surface area contributed by atoms with Gasteiger partial charge < -0.3 is 4.57 Å². The van der Waals surface area contributed by atoms with E-state index in [1.165, 1.54) is 5.52 Å². The molecule has 1 aromatic carbocycles. The highest BCUT2D eigenvalue weighted by Gasteiger charge is 2.06. The number of halogens is 2. The zero-order valence-electron chi connectivity index (χ0n) is 11.2. The van der Waals surface area contributed by atoms with Crippen LogP contribution in [0.5, 0.6) is 0 Å². The number of rotatable bonds is 3. The van der Waals surface area contributed by atoms with Crippen molar-refractivity contribution in [2.75, 3.05) is 0 Å². The molecule has 5 heteroatoms. The molecule has 0 spiro atoms. The summed E-state index contributed by atoms with van der Waals surface area (Å²) in [5.74, 6) is 1.06. The molecule has 106 valence electrons. The van der Waals surface area contributed by atoms with Gasteiger partial charge in [0.05, 0.1) is 11.0 Å². The molecule has 0 unspecified atom stereocenters. The molecule has 0 aliphatic rings. The van der Waals surface area contributed by atoms with Crippen molar-refractivity contribution in [2.45, 2.75) is 19.9 Å². The molecular formula is C15H17Cl2N3. The SMILES string of the molecule is Cc1nc2ccccc2n1CCc1ccccn1.Cl.Cl. The number of aromatic nitrogens is 3. The van der Waals surface area contributed by atoms with Crippen LogP contribution in [0, 0.1) is 6.92 Å². The smallest absolute Gasteiger partial charge is 0.106 e. The van der Waals surface area contributed by atoms with Crippen molar-refractivity contribution in [1.29, 1.82) is 0 Å². The monoisotopic (exact) mass is 309 g/mol. The fourth-order valence-corrected chi connectivity index (χ4v) is 2.25. The summed E-state index contributed by atoms with van der Waals surface area (Å²) >= 11 is 0. The van der Waals surface area contributed by atoms with Crippen molar-refractivity contribution in [3.05, 3.63) is 60.2 Å². The van der Waals surface area contributed by atoms with Crippen LogP contribution in [-0.2, 0) is 13.0 Å². The minimum absolute atomic E-state index is 0. The molecule has 0 aliphatic carbocycles. The lowest BCUT2D eigenvalue weighted by molar-refractivity contribution is 0.682. The maximum absolute atomic E-state index is 4.57. The first-order valence-corrected chi connectivity index (χ1v) is 6.16. The van der Waals surface area contributed by atoms with Gasteiger partial charge in [0.15, 0.2) is 0 Å². The molecule has 0 saturated carbocycles. The van der Waals surface area contributed by atoms with Gasteiger partial charge in [0.25, 0.3) is 0 Å². The average molecular weight is 310 g/mol. The molecular weight excluding hydrogens is 293 g/mol. The highest BCUT2D eigenvalue weighted by molar-refractivity contribution is 5.85. The summed E-state index contributed by atoms with van der Waals surface area (Å²) in [7, 11) is 0. The van der Waals surface area contributed by atoms with E-state index in [2.05, 4.69) is 45.7 Å². The molecule has 3 nitrogen and oxygen atoms in total. The van der Waals surface area contributed by atoms with Gasteiger partial charge in [0, 0.05) is 24.9 Å². The van der Waals surface area contributed by atoms with Crippen LogP contribution in [0.3, 0.4) is 0 Å². The third-order valence-corrected chi connectivity index (χ3v) is 3.16. The fourth-order valence-electron chi connectivity index (χ4n) is 2.25. The molecule has 0 atom stereocenters. The largest absolute Gasteiger partial charge is 0.328 e. The number of benzene rings is 1. The number of fused-ring (bicyclic) bond motifs is 1. The van der Waals surface area contributed by atoms with E-state index in [1.807, 2.05) is 24.4 Å². The van der Waals surface area contributed by atoms with E-state index in [0.717, 1.165) is 30.0 Å².